The fraction of sp³-hybridized carbons (Fsp3) is 0. The van der Waals surface area contributed by atoms with Crippen molar-refractivity contribution in [3.8, 4) is 0 Å². The molecule has 0 aliphatic carbocycles. The van der Waals surface area contributed by atoms with Crippen molar-refractivity contribution >= 4 is 62.9 Å². The predicted molar refractivity (Wildman–Crippen MR) is 87.6 cm³/mol. The maximum absolute atomic E-state index is 6.14. The van der Waals surface area contributed by atoms with Crippen LogP contribution in [0.5, 0.6) is 0 Å². The van der Waals surface area contributed by atoms with Gasteiger partial charge in [-0.1, -0.05) is 29.9 Å². The molecule has 92 valence electrons. The van der Waals surface area contributed by atoms with E-state index in [1.165, 1.54) is 0 Å². The predicted octanol–water partition coefficient (Wildman–Crippen LogP) is 3.72. The van der Waals surface area contributed by atoms with Gasteiger partial charge in [0.25, 0.3) is 0 Å². The van der Waals surface area contributed by atoms with E-state index >= 15 is 0 Å². The lowest BCUT2D eigenvalue weighted by Gasteiger charge is -2.08. The molecule has 0 atom stereocenters. The summed E-state index contributed by atoms with van der Waals surface area (Å²) < 4.78 is 1.08. The Bertz CT molecular complexity index is 604. The number of benzene rings is 1. The SMILES string of the molecule is NC(=S)c1cccc(Nc2ccc(I)cc2Cl)n1. The van der Waals surface area contributed by atoms with Crippen LogP contribution in [0.3, 0.4) is 0 Å². The van der Waals surface area contributed by atoms with Gasteiger partial charge < -0.3 is 11.1 Å². The summed E-state index contributed by atoms with van der Waals surface area (Å²) in [5.74, 6) is 0.656. The first-order valence-electron chi connectivity index (χ1n) is 5.05. The Hall–Kier alpha value is -0.920. The van der Waals surface area contributed by atoms with Crippen molar-refractivity contribution in [2.24, 2.45) is 5.73 Å². The van der Waals surface area contributed by atoms with Gasteiger partial charge in [0.05, 0.1) is 16.4 Å². The van der Waals surface area contributed by atoms with Crippen LogP contribution in [0, 0.1) is 3.57 Å². The normalized spacial score (nSPS) is 10.1. The number of hydrogen-bond acceptors (Lipinski definition) is 3. The minimum Gasteiger partial charge on any atom is -0.388 e. The Labute approximate surface area is 129 Å². The van der Waals surface area contributed by atoms with Crippen molar-refractivity contribution in [1.82, 2.24) is 4.98 Å². The number of rotatable bonds is 3. The first-order chi connectivity index (χ1) is 8.56. The summed E-state index contributed by atoms with van der Waals surface area (Å²) in [6.45, 7) is 0. The lowest BCUT2D eigenvalue weighted by Crippen LogP contribution is -2.12. The highest BCUT2D eigenvalue weighted by atomic mass is 127. The average Bonchev–Trinajstić information content (AvgIpc) is 2.33. The van der Waals surface area contributed by atoms with Crippen molar-refractivity contribution in [2.75, 3.05) is 5.32 Å². The number of hydrogen-bond donors (Lipinski definition) is 2. The van der Waals surface area contributed by atoms with Crippen LogP contribution in [0.25, 0.3) is 0 Å². The van der Waals surface area contributed by atoms with E-state index in [4.69, 9.17) is 29.6 Å². The van der Waals surface area contributed by atoms with Crippen LogP contribution in [-0.2, 0) is 0 Å². The van der Waals surface area contributed by atoms with E-state index in [1.54, 1.807) is 6.07 Å². The molecule has 2 aromatic rings. The molecule has 2 rings (SSSR count). The molecule has 1 aromatic heterocycles. The summed E-state index contributed by atoms with van der Waals surface area (Å²) in [6.07, 6.45) is 0. The topological polar surface area (TPSA) is 50.9 Å². The van der Waals surface area contributed by atoms with Gasteiger partial charge >= 0.3 is 0 Å². The fourth-order valence-corrected chi connectivity index (χ4v) is 2.39. The van der Waals surface area contributed by atoms with Gasteiger partial charge in [-0.3, -0.25) is 0 Å². The number of aromatic nitrogens is 1. The largest absolute Gasteiger partial charge is 0.388 e. The Morgan fingerprint density at radius 1 is 1.33 bits per heavy atom. The maximum Gasteiger partial charge on any atom is 0.131 e. The number of anilines is 2. The molecule has 3 N–H and O–H groups in total. The molecular formula is C12H9ClIN3S. The summed E-state index contributed by atoms with van der Waals surface area (Å²) in [5, 5.41) is 3.78. The quantitative estimate of drug-likeness (QED) is 0.620. The van der Waals surface area contributed by atoms with Gasteiger partial charge in [0.15, 0.2) is 0 Å². The van der Waals surface area contributed by atoms with Crippen LogP contribution in [0.4, 0.5) is 11.5 Å². The molecule has 0 spiro atoms. The van der Waals surface area contributed by atoms with E-state index in [0.29, 0.717) is 16.5 Å². The molecule has 6 heteroatoms. The Balaban J connectivity index is 2.28. The van der Waals surface area contributed by atoms with E-state index in [9.17, 15) is 0 Å². The molecule has 0 radical (unpaired) electrons. The first-order valence-corrected chi connectivity index (χ1v) is 6.91. The molecule has 1 heterocycles. The lowest BCUT2D eigenvalue weighted by molar-refractivity contribution is 1.28. The molecule has 0 aliphatic heterocycles. The van der Waals surface area contributed by atoms with Gasteiger partial charge in [0.2, 0.25) is 0 Å². The zero-order valence-corrected chi connectivity index (χ0v) is 12.9. The molecule has 0 saturated heterocycles. The smallest absolute Gasteiger partial charge is 0.131 e. The van der Waals surface area contributed by atoms with Crippen LogP contribution in [0.15, 0.2) is 36.4 Å². The molecule has 0 saturated carbocycles. The zero-order chi connectivity index (χ0) is 13.1. The molecule has 0 bridgehead atoms. The van der Waals surface area contributed by atoms with E-state index in [0.717, 1.165) is 9.26 Å². The molecule has 0 fully saturated rings. The third-order valence-corrected chi connectivity index (χ3v) is 3.39. The lowest BCUT2D eigenvalue weighted by atomic mass is 10.3. The molecular weight excluding hydrogens is 381 g/mol. The number of pyridine rings is 1. The monoisotopic (exact) mass is 389 g/mol. The molecule has 3 nitrogen and oxygen atoms in total. The summed E-state index contributed by atoms with van der Waals surface area (Å²) >= 11 is 13.2. The van der Waals surface area contributed by atoms with E-state index in [2.05, 4.69) is 32.9 Å². The van der Waals surface area contributed by atoms with E-state index in [-0.39, 0.29) is 4.99 Å². The summed E-state index contributed by atoms with van der Waals surface area (Å²) in [4.78, 5) is 4.56. The van der Waals surface area contributed by atoms with Gasteiger partial charge in [-0.05, 0) is 52.9 Å². The van der Waals surface area contributed by atoms with Gasteiger partial charge in [-0.2, -0.15) is 0 Å². The van der Waals surface area contributed by atoms with Crippen molar-refractivity contribution in [1.29, 1.82) is 0 Å². The Morgan fingerprint density at radius 3 is 2.78 bits per heavy atom. The van der Waals surface area contributed by atoms with Crippen LogP contribution < -0.4 is 11.1 Å². The standard InChI is InChI=1S/C12H9ClIN3S/c13-8-6-7(14)4-5-9(8)16-11-3-1-2-10(17-11)12(15)18/h1-6H,(H2,15,18)(H,16,17). The third-order valence-electron chi connectivity index (χ3n) is 2.20. The van der Waals surface area contributed by atoms with Crippen molar-refractivity contribution in [2.45, 2.75) is 0 Å². The van der Waals surface area contributed by atoms with E-state index in [1.807, 2.05) is 30.3 Å². The van der Waals surface area contributed by atoms with Gasteiger partial charge in [0.1, 0.15) is 10.8 Å². The highest BCUT2D eigenvalue weighted by Crippen LogP contribution is 2.26. The highest BCUT2D eigenvalue weighted by Gasteiger charge is 2.04. The van der Waals surface area contributed by atoms with Crippen molar-refractivity contribution < 1.29 is 0 Å². The highest BCUT2D eigenvalue weighted by molar-refractivity contribution is 14.1. The third kappa shape index (κ3) is 3.30. The molecule has 1 aromatic carbocycles. The van der Waals surface area contributed by atoms with E-state index < -0.39 is 0 Å². The van der Waals surface area contributed by atoms with Gasteiger partial charge in [-0.25, -0.2) is 4.98 Å². The second kappa shape index (κ2) is 5.81. The van der Waals surface area contributed by atoms with Crippen LogP contribution in [0.2, 0.25) is 5.02 Å². The minimum absolute atomic E-state index is 0.271. The number of thiocarbonyl (C=S) groups is 1. The fourth-order valence-electron chi connectivity index (χ4n) is 1.37. The molecule has 18 heavy (non-hydrogen) atoms. The molecule has 0 amide bonds. The number of halogens is 2. The summed E-state index contributed by atoms with van der Waals surface area (Å²) in [6, 6.07) is 11.2. The second-order valence-electron chi connectivity index (χ2n) is 3.52. The van der Waals surface area contributed by atoms with Gasteiger partial charge in [0, 0.05) is 3.57 Å². The van der Waals surface area contributed by atoms with Gasteiger partial charge in [-0.15, -0.1) is 0 Å². The second-order valence-corrected chi connectivity index (χ2v) is 5.61. The number of nitrogens with two attached hydrogens (primary N) is 1. The Morgan fingerprint density at radius 2 is 2.11 bits per heavy atom. The summed E-state index contributed by atoms with van der Waals surface area (Å²) in [5.41, 5.74) is 6.92. The number of nitrogens with one attached hydrogen (secondary N) is 1. The average molecular weight is 390 g/mol. The number of nitrogens with zero attached hydrogens (tertiary/aromatic N) is 1. The zero-order valence-electron chi connectivity index (χ0n) is 9.15. The summed E-state index contributed by atoms with van der Waals surface area (Å²) in [7, 11) is 0. The maximum atomic E-state index is 6.14. The molecule has 0 unspecified atom stereocenters. The van der Waals surface area contributed by atoms with Crippen molar-refractivity contribution in [3.05, 3.63) is 50.7 Å². The van der Waals surface area contributed by atoms with Crippen LogP contribution in [-0.4, -0.2) is 9.97 Å². The minimum atomic E-state index is 0.271. The van der Waals surface area contributed by atoms with Crippen molar-refractivity contribution in [3.63, 3.8) is 0 Å². The molecule has 0 aliphatic rings. The van der Waals surface area contributed by atoms with Crippen LogP contribution >= 0.6 is 46.4 Å². The van der Waals surface area contributed by atoms with Crippen LogP contribution in [0.1, 0.15) is 5.69 Å². The Kier molecular flexibility index (Phi) is 4.36. The first kappa shape index (κ1) is 13.5.